The number of anilines is 1. The third-order valence-electron chi connectivity index (χ3n) is 4.59. The Hall–Kier alpha value is -1.89. The molecule has 2 aromatic heterocycles. The molecule has 0 saturated carbocycles. The third kappa shape index (κ3) is 3.24. The van der Waals surface area contributed by atoms with Crippen molar-refractivity contribution < 1.29 is 0 Å². The third-order valence-corrected chi connectivity index (χ3v) is 4.59. The molecule has 23 heavy (non-hydrogen) atoms. The van der Waals surface area contributed by atoms with Gasteiger partial charge in [-0.05, 0) is 26.4 Å². The lowest BCUT2D eigenvalue weighted by atomic mass is 9.93. The molecule has 0 bridgehead atoms. The van der Waals surface area contributed by atoms with Gasteiger partial charge in [0.15, 0.2) is 5.82 Å². The molecule has 0 radical (unpaired) electrons. The lowest BCUT2D eigenvalue weighted by Gasteiger charge is -2.32. The van der Waals surface area contributed by atoms with E-state index in [0.29, 0.717) is 17.5 Å². The zero-order valence-electron chi connectivity index (χ0n) is 14.4. The van der Waals surface area contributed by atoms with E-state index in [9.17, 15) is 4.79 Å². The molecular formula is C16H26N6O. The summed E-state index contributed by atoms with van der Waals surface area (Å²) in [5, 5.41) is 10.0. The largest absolute Gasteiger partial charge is 0.365 e. The zero-order chi connectivity index (χ0) is 16.6. The number of hydrogen-bond donors (Lipinski definition) is 2. The molecule has 2 aromatic rings. The minimum absolute atomic E-state index is 0.136. The Balaban J connectivity index is 1.91. The predicted octanol–water partition coefficient (Wildman–Crippen LogP) is 1.61. The van der Waals surface area contributed by atoms with Crippen LogP contribution in [0.15, 0.2) is 11.0 Å². The number of likely N-dealkylation sites (N-methyl/N-ethyl adjacent to an activating group) is 1. The van der Waals surface area contributed by atoms with Crippen molar-refractivity contribution in [2.45, 2.75) is 51.5 Å². The summed E-state index contributed by atoms with van der Waals surface area (Å²) in [5.41, 5.74) is 1.06. The van der Waals surface area contributed by atoms with Gasteiger partial charge in [-0.1, -0.05) is 27.2 Å². The van der Waals surface area contributed by atoms with Crippen molar-refractivity contribution in [2.75, 3.05) is 25.5 Å². The summed E-state index contributed by atoms with van der Waals surface area (Å²) in [6.45, 7) is 8.22. The van der Waals surface area contributed by atoms with Gasteiger partial charge in [0, 0.05) is 24.2 Å². The average molecular weight is 318 g/mol. The fourth-order valence-electron chi connectivity index (χ4n) is 3.01. The van der Waals surface area contributed by atoms with Gasteiger partial charge in [-0.3, -0.25) is 0 Å². The lowest BCUT2D eigenvalue weighted by Crippen LogP contribution is -2.41. The smallest absolute Gasteiger partial charge is 0.347 e. The van der Waals surface area contributed by atoms with E-state index in [1.165, 1.54) is 19.3 Å². The number of rotatable bonds is 3. The summed E-state index contributed by atoms with van der Waals surface area (Å²) < 4.78 is 1.54. The molecule has 1 fully saturated rings. The van der Waals surface area contributed by atoms with Crippen molar-refractivity contribution in [3.8, 4) is 0 Å². The van der Waals surface area contributed by atoms with Crippen LogP contribution in [0.3, 0.4) is 0 Å². The molecule has 1 saturated heterocycles. The highest BCUT2D eigenvalue weighted by Gasteiger charge is 2.22. The molecule has 0 aromatic carbocycles. The molecule has 2 N–H and O–H groups in total. The Kier molecular flexibility index (Phi) is 4.14. The number of hydrogen-bond acceptors (Lipinski definition) is 5. The van der Waals surface area contributed by atoms with Gasteiger partial charge in [-0.25, -0.2) is 19.3 Å². The Morgan fingerprint density at radius 2 is 2.17 bits per heavy atom. The second-order valence-electron chi connectivity index (χ2n) is 7.46. The molecule has 1 atom stereocenters. The molecule has 0 spiro atoms. The summed E-state index contributed by atoms with van der Waals surface area (Å²) in [5.74, 6) is 0.676. The molecule has 7 nitrogen and oxygen atoms in total. The fourth-order valence-corrected chi connectivity index (χ4v) is 3.01. The Morgan fingerprint density at radius 1 is 1.39 bits per heavy atom. The van der Waals surface area contributed by atoms with Crippen LogP contribution in [-0.4, -0.2) is 50.7 Å². The van der Waals surface area contributed by atoms with E-state index in [4.69, 9.17) is 4.98 Å². The standard InChI is InChI=1S/C16H26N6O/c1-16(2,3)12-10-22-14(19-20-15(22)23)13(18-12)17-9-11-7-5-6-8-21(11)4/h10-11H,5-9H2,1-4H3,(H,17,18)(H,20,23). The molecule has 0 aliphatic carbocycles. The highest BCUT2D eigenvalue weighted by atomic mass is 16.1. The average Bonchev–Trinajstić information content (AvgIpc) is 2.87. The number of likely N-dealkylation sites (tertiary alicyclic amines) is 1. The second-order valence-corrected chi connectivity index (χ2v) is 7.46. The van der Waals surface area contributed by atoms with Crippen molar-refractivity contribution >= 4 is 11.5 Å². The number of aromatic amines is 1. The van der Waals surface area contributed by atoms with Crippen molar-refractivity contribution in [1.29, 1.82) is 0 Å². The van der Waals surface area contributed by atoms with Gasteiger partial charge in [-0.2, -0.15) is 0 Å². The van der Waals surface area contributed by atoms with Crippen molar-refractivity contribution in [1.82, 2.24) is 24.5 Å². The predicted molar refractivity (Wildman–Crippen MR) is 91.1 cm³/mol. The molecule has 1 unspecified atom stereocenters. The molecule has 3 rings (SSSR count). The molecule has 7 heteroatoms. The molecule has 1 aliphatic rings. The maximum absolute atomic E-state index is 11.9. The maximum atomic E-state index is 11.9. The SMILES string of the molecule is CN1CCCCC1CNc1nc(C(C)(C)C)cn2c(=O)[nH]nc12. The van der Waals surface area contributed by atoms with E-state index < -0.39 is 0 Å². The van der Waals surface area contributed by atoms with E-state index in [-0.39, 0.29) is 11.1 Å². The molecular weight excluding hydrogens is 292 g/mol. The normalized spacial score (nSPS) is 20.1. The van der Waals surface area contributed by atoms with Crippen LogP contribution in [0.2, 0.25) is 0 Å². The first-order valence-corrected chi connectivity index (χ1v) is 8.28. The minimum atomic E-state index is -0.231. The van der Waals surface area contributed by atoms with E-state index in [1.54, 1.807) is 10.6 Å². The monoisotopic (exact) mass is 318 g/mol. The number of aromatic nitrogens is 4. The van der Waals surface area contributed by atoms with Gasteiger partial charge in [0.2, 0.25) is 5.65 Å². The van der Waals surface area contributed by atoms with Crippen LogP contribution in [0.5, 0.6) is 0 Å². The first-order valence-electron chi connectivity index (χ1n) is 8.28. The summed E-state index contributed by atoms with van der Waals surface area (Å²) in [6, 6.07) is 0.495. The quantitative estimate of drug-likeness (QED) is 0.899. The van der Waals surface area contributed by atoms with Crippen LogP contribution in [-0.2, 0) is 5.41 Å². The number of piperidine rings is 1. The first-order chi connectivity index (χ1) is 10.9. The Bertz CT molecular complexity index is 741. The van der Waals surface area contributed by atoms with Crippen molar-refractivity contribution in [2.24, 2.45) is 0 Å². The highest BCUT2D eigenvalue weighted by molar-refractivity contribution is 5.62. The van der Waals surface area contributed by atoms with Gasteiger partial charge in [0.25, 0.3) is 0 Å². The van der Waals surface area contributed by atoms with Gasteiger partial charge in [0.1, 0.15) is 0 Å². The van der Waals surface area contributed by atoms with Crippen LogP contribution in [0, 0.1) is 0 Å². The Morgan fingerprint density at radius 3 is 2.87 bits per heavy atom. The van der Waals surface area contributed by atoms with Crippen LogP contribution in [0.1, 0.15) is 45.7 Å². The highest BCUT2D eigenvalue weighted by Crippen LogP contribution is 2.23. The Labute approximate surface area is 136 Å². The summed E-state index contributed by atoms with van der Waals surface area (Å²) in [4.78, 5) is 19.1. The second kappa shape index (κ2) is 5.96. The summed E-state index contributed by atoms with van der Waals surface area (Å²) >= 11 is 0. The number of nitrogens with zero attached hydrogens (tertiary/aromatic N) is 4. The lowest BCUT2D eigenvalue weighted by molar-refractivity contribution is 0.194. The van der Waals surface area contributed by atoms with Gasteiger partial charge in [0.05, 0.1) is 5.69 Å². The van der Waals surface area contributed by atoms with Crippen LogP contribution >= 0.6 is 0 Å². The molecule has 3 heterocycles. The summed E-state index contributed by atoms with van der Waals surface area (Å²) in [7, 11) is 2.17. The molecule has 1 aliphatic heterocycles. The molecule has 126 valence electrons. The number of nitrogens with one attached hydrogen (secondary N) is 2. The maximum Gasteiger partial charge on any atom is 0.347 e. The molecule has 0 amide bonds. The van der Waals surface area contributed by atoms with Gasteiger partial charge < -0.3 is 10.2 Å². The van der Waals surface area contributed by atoms with Crippen LogP contribution < -0.4 is 11.0 Å². The minimum Gasteiger partial charge on any atom is -0.365 e. The van der Waals surface area contributed by atoms with E-state index >= 15 is 0 Å². The number of fused-ring (bicyclic) bond motifs is 1. The van der Waals surface area contributed by atoms with Crippen molar-refractivity contribution in [3.05, 3.63) is 22.4 Å². The van der Waals surface area contributed by atoms with Crippen LogP contribution in [0.4, 0.5) is 5.82 Å². The first kappa shape index (κ1) is 16.0. The van der Waals surface area contributed by atoms with Gasteiger partial charge >= 0.3 is 5.69 Å². The fraction of sp³-hybridized carbons (Fsp3) is 0.688. The topological polar surface area (TPSA) is 78.3 Å². The van der Waals surface area contributed by atoms with Gasteiger partial charge in [-0.15, -0.1) is 5.10 Å². The van der Waals surface area contributed by atoms with E-state index in [1.807, 2.05) is 0 Å². The van der Waals surface area contributed by atoms with Crippen molar-refractivity contribution in [3.63, 3.8) is 0 Å². The van der Waals surface area contributed by atoms with Crippen LogP contribution in [0.25, 0.3) is 5.65 Å². The zero-order valence-corrected chi connectivity index (χ0v) is 14.4. The number of H-pyrrole nitrogens is 1. The van der Waals surface area contributed by atoms with E-state index in [0.717, 1.165) is 18.8 Å². The van der Waals surface area contributed by atoms with E-state index in [2.05, 4.69) is 48.2 Å². The summed E-state index contributed by atoms with van der Waals surface area (Å²) in [6.07, 6.45) is 5.50.